The zero-order valence-corrected chi connectivity index (χ0v) is 22.3. The Bertz CT molecular complexity index is 2000. The number of nitrogens with zero attached hydrogens (tertiary/aromatic N) is 3. The van der Waals surface area contributed by atoms with Crippen LogP contribution in [-0.2, 0) is 20.2 Å². The summed E-state index contributed by atoms with van der Waals surface area (Å²) in [7, 11) is -10.2. The van der Waals surface area contributed by atoms with Crippen molar-refractivity contribution in [1.29, 1.82) is 0 Å². The molecule has 14 heteroatoms. The van der Waals surface area contributed by atoms with Crippen molar-refractivity contribution in [2.75, 3.05) is 0 Å². The van der Waals surface area contributed by atoms with Crippen molar-refractivity contribution in [2.24, 2.45) is 10.2 Å². The number of fused-ring (bicyclic) bond motifs is 2. The molecule has 0 fully saturated rings. The second kappa shape index (κ2) is 9.38. The molecule has 1 N–H and O–H groups in total. The molecule has 0 aliphatic rings. The summed E-state index contributed by atoms with van der Waals surface area (Å²) in [5.74, 6) is -0.818. The maximum atomic E-state index is 11.9. The molecule has 38 heavy (non-hydrogen) atoms. The fourth-order valence-electron chi connectivity index (χ4n) is 3.78. The molecule has 0 atom stereocenters. The molecule has 1 heterocycles. The summed E-state index contributed by atoms with van der Waals surface area (Å²) in [5.41, 5.74) is 2.40. The molecule has 0 amide bonds. The molecule has 0 spiro atoms. The molecular weight excluding hydrogens is 574 g/mol. The van der Waals surface area contributed by atoms with E-state index in [1.54, 1.807) is 24.3 Å². The van der Waals surface area contributed by atoms with Crippen molar-refractivity contribution in [3.05, 3.63) is 71.2 Å². The lowest BCUT2D eigenvalue weighted by molar-refractivity contribution is 0.458. The maximum absolute atomic E-state index is 11.9. The molecule has 0 aliphatic heterocycles. The van der Waals surface area contributed by atoms with Crippen molar-refractivity contribution >= 4 is 75.5 Å². The third kappa shape index (κ3) is 4.99. The van der Waals surface area contributed by atoms with Crippen LogP contribution in [0.5, 0.6) is 5.75 Å². The van der Waals surface area contributed by atoms with Gasteiger partial charge in [0.2, 0.25) is 0 Å². The fraction of sp³-hybridized carbons (Fsp3) is 0.0417. The fourth-order valence-corrected chi connectivity index (χ4v) is 6.40. The van der Waals surface area contributed by atoms with Gasteiger partial charge in [-0.1, -0.05) is 17.7 Å². The Morgan fingerprint density at radius 3 is 2.29 bits per heavy atom. The van der Waals surface area contributed by atoms with Crippen molar-refractivity contribution in [3.8, 4) is 16.3 Å². The Morgan fingerprint density at radius 1 is 0.921 bits per heavy atom. The van der Waals surface area contributed by atoms with Crippen LogP contribution in [0.3, 0.4) is 0 Å². The van der Waals surface area contributed by atoms with Crippen molar-refractivity contribution in [2.45, 2.75) is 16.7 Å². The summed E-state index contributed by atoms with van der Waals surface area (Å²) in [6, 6.07) is 15.0. The highest BCUT2D eigenvalue weighted by Gasteiger charge is 2.21. The van der Waals surface area contributed by atoms with Crippen LogP contribution in [-0.4, -0.2) is 36.0 Å². The van der Waals surface area contributed by atoms with Gasteiger partial charge in [0, 0.05) is 10.9 Å². The molecule has 194 valence electrons. The Labute approximate surface area is 225 Å². The van der Waals surface area contributed by atoms with Gasteiger partial charge < -0.3 is 14.2 Å². The standard InChI is InChI=1S/C24H16ClN3O7S3/c1-12-2-7-18-19(8-12)36-24(26-18)13-3-5-15(6-4-13)27-28-22-20(38(33,34)35)10-14-9-16(37(30,31)32)11-17(25)21(14)23(22)29/h2-11,29H,1H3,(H,30,31,32)(H,33,34,35)/p-2. The van der Waals surface area contributed by atoms with Gasteiger partial charge in [-0.15, -0.1) is 16.5 Å². The number of halogens is 1. The highest BCUT2D eigenvalue weighted by molar-refractivity contribution is 7.86. The quantitative estimate of drug-likeness (QED) is 0.192. The number of benzene rings is 4. The van der Waals surface area contributed by atoms with Crippen LogP contribution >= 0.6 is 22.9 Å². The van der Waals surface area contributed by atoms with Crippen LogP contribution in [0.15, 0.2) is 80.7 Å². The second-order valence-corrected chi connectivity index (χ2v) is 12.4. The molecule has 4 aromatic carbocycles. The molecule has 5 rings (SSSR count). The van der Waals surface area contributed by atoms with Crippen molar-refractivity contribution in [1.82, 2.24) is 4.98 Å². The van der Waals surface area contributed by atoms with Crippen LogP contribution in [0, 0.1) is 6.92 Å². The molecule has 0 aliphatic carbocycles. The average Bonchev–Trinajstić information content (AvgIpc) is 3.25. The van der Waals surface area contributed by atoms with Gasteiger partial charge in [-0.25, -0.2) is 21.8 Å². The van der Waals surface area contributed by atoms with E-state index in [1.165, 1.54) is 11.3 Å². The number of azo groups is 1. The summed E-state index contributed by atoms with van der Waals surface area (Å²) >= 11 is 7.60. The summed E-state index contributed by atoms with van der Waals surface area (Å²) in [5, 5.41) is 18.5. The Kier molecular flexibility index (Phi) is 6.46. The number of aromatic nitrogens is 1. The van der Waals surface area contributed by atoms with Crippen LogP contribution in [0.4, 0.5) is 11.4 Å². The normalized spacial score (nSPS) is 12.6. The smallest absolute Gasteiger partial charge is 0.153 e. The molecule has 0 unspecified atom stereocenters. The molecule has 10 nitrogen and oxygen atoms in total. The van der Waals surface area contributed by atoms with Gasteiger partial charge in [0.15, 0.2) is 5.75 Å². The summed E-state index contributed by atoms with van der Waals surface area (Å²) in [6.07, 6.45) is 0. The average molecular weight is 588 g/mol. The predicted octanol–water partition coefficient (Wildman–Crippen LogP) is 6.01. The first kappa shape index (κ1) is 26.2. The van der Waals surface area contributed by atoms with Gasteiger partial charge >= 0.3 is 0 Å². The zero-order chi connectivity index (χ0) is 27.4. The lowest BCUT2D eigenvalue weighted by Gasteiger charge is -2.16. The lowest BCUT2D eigenvalue weighted by atomic mass is 10.1. The van der Waals surface area contributed by atoms with E-state index in [0.717, 1.165) is 44.6 Å². The minimum atomic E-state index is -5.21. The highest BCUT2D eigenvalue weighted by atomic mass is 35.5. The highest BCUT2D eigenvalue weighted by Crippen LogP contribution is 2.45. The van der Waals surface area contributed by atoms with E-state index in [0.29, 0.717) is 0 Å². The van der Waals surface area contributed by atoms with Gasteiger partial charge in [0.25, 0.3) is 0 Å². The van der Waals surface area contributed by atoms with E-state index < -0.39 is 41.5 Å². The van der Waals surface area contributed by atoms with Gasteiger partial charge in [0.05, 0.1) is 30.7 Å². The van der Waals surface area contributed by atoms with E-state index >= 15 is 0 Å². The number of aromatic hydroxyl groups is 1. The van der Waals surface area contributed by atoms with Crippen molar-refractivity contribution < 1.29 is 31.0 Å². The van der Waals surface area contributed by atoms with E-state index in [1.807, 2.05) is 25.1 Å². The van der Waals surface area contributed by atoms with Crippen LogP contribution < -0.4 is 0 Å². The lowest BCUT2D eigenvalue weighted by Crippen LogP contribution is -2.01. The number of thiazole rings is 1. The number of rotatable bonds is 5. The maximum Gasteiger partial charge on any atom is 0.153 e. The van der Waals surface area contributed by atoms with Crippen molar-refractivity contribution in [3.63, 3.8) is 0 Å². The topological polar surface area (TPSA) is 172 Å². The molecule has 0 radical (unpaired) electrons. The van der Waals surface area contributed by atoms with Crippen LogP contribution in [0.1, 0.15) is 5.56 Å². The Balaban J connectivity index is 1.56. The first-order valence-electron chi connectivity index (χ1n) is 10.6. The Hall–Kier alpha value is -3.46. The minimum absolute atomic E-state index is 0.207. The first-order valence-corrected chi connectivity index (χ1v) is 14.6. The monoisotopic (exact) mass is 587 g/mol. The molecule has 0 saturated carbocycles. The summed E-state index contributed by atoms with van der Waals surface area (Å²) in [4.78, 5) is 2.89. The van der Waals surface area contributed by atoms with Gasteiger partial charge in [-0.2, -0.15) is 5.11 Å². The van der Waals surface area contributed by atoms with E-state index in [2.05, 4.69) is 15.2 Å². The minimum Gasteiger partial charge on any atom is -0.744 e. The number of hydrogen-bond acceptors (Lipinski definition) is 11. The Morgan fingerprint density at radius 2 is 1.63 bits per heavy atom. The largest absolute Gasteiger partial charge is 0.744 e. The molecule has 0 bridgehead atoms. The van der Waals surface area contributed by atoms with E-state index in [4.69, 9.17) is 11.6 Å². The number of hydrogen-bond donors (Lipinski definition) is 1. The number of aryl methyl sites for hydroxylation is 1. The molecule has 5 aromatic rings. The second-order valence-electron chi connectivity index (χ2n) is 8.22. The zero-order valence-electron chi connectivity index (χ0n) is 19.1. The number of phenols is 1. The van der Waals surface area contributed by atoms with Crippen LogP contribution in [0.2, 0.25) is 5.02 Å². The SMILES string of the molecule is Cc1ccc2nc(-c3ccc(N=Nc4c(S(=O)(=O)[O-])cc5cc(S(=O)(=O)[O-])cc(Cl)c5c4O)cc3)sc2c1. The van der Waals surface area contributed by atoms with E-state index in [9.17, 15) is 31.0 Å². The van der Waals surface area contributed by atoms with Gasteiger partial charge in [-0.3, -0.25) is 0 Å². The molecular formula is C24H14ClN3O7S3-2. The molecule has 0 saturated heterocycles. The predicted molar refractivity (Wildman–Crippen MR) is 141 cm³/mol. The van der Waals surface area contributed by atoms with Crippen LogP contribution in [0.25, 0.3) is 31.6 Å². The third-order valence-corrected chi connectivity index (χ3v) is 8.59. The van der Waals surface area contributed by atoms with Gasteiger partial charge in [0.1, 0.15) is 30.9 Å². The number of phenolic OH excluding ortho intramolecular Hbond substituents is 1. The van der Waals surface area contributed by atoms with Gasteiger partial charge in [-0.05, 0) is 72.5 Å². The summed E-state index contributed by atoms with van der Waals surface area (Å²) in [6.45, 7) is 2.00. The third-order valence-electron chi connectivity index (χ3n) is 5.56. The first-order chi connectivity index (χ1) is 17.8. The van der Waals surface area contributed by atoms with E-state index in [-0.39, 0.29) is 21.5 Å². The molecule has 1 aromatic heterocycles. The summed E-state index contributed by atoms with van der Waals surface area (Å²) < 4.78 is 71.1.